The fraction of sp³-hybridized carbons (Fsp3) is 0.185. The van der Waals surface area contributed by atoms with Crippen molar-refractivity contribution in [2.24, 2.45) is 0 Å². The van der Waals surface area contributed by atoms with Gasteiger partial charge in [0.25, 0.3) is 11.1 Å². The smallest absolute Gasteiger partial charge is 0.293 e. The van der Waals surface area contributed by atoms with Crippen LogP contribution in [0.4, 0.5) is 4.79 Å². The van der Waals surface area contributed by atoms with E-state index in [1.54, 1.807) is 31.4 Å². The Morgan fingerprint density at radius 2 is 1.86 bits per heavy atom. The van der Waals surface area contributed by atoms with Gasteiger partial charge < -0.3 is 18.9 Å². The highest BCUT2D eigenvalue weighted by Gasteiger charge is 2.36. The maximum atomic E-state index is 13.1. The quantitative estimate of drug-likeness (QED) is 0.206. The lowest BCUT2D eigenvalue weighted by Crippen LogP contribution is -2.27. The molecule has 190 valence electrons. The van der Waals surface area contributed by atoms with Crippen molar-refractivity contribution in [3.63, 3.8) is 0 Å². The Morgan fingerprint density at radius 1 is 1.11 bits per heavy atom. The number of nitrogens with zero attached hydrogens (tertiary/aromatic N) is 1. The minimum atomic E-state index is -0.391. The normalized spacial score (nSPS) is 15.6. The average molecular weight is 650 g/mol. The minimum absolute atomic E-state index is 0.0318. The number of fused-ring (bicyclic) bond motifs is 1. The summed E-state index contributed by atoms with van der Waals surface area (Å²) in [5.74, 6) is 1.84. The molecule has 3 aromatic carbocycles. The molecular weight excluding hydrogens is 629 g/mol. The summed E-state index contributed by atoms with van der Waals surface area (Å²) in [6.45, 7) is 2.58. The summed E-state index contributed by atoms with van der Waals surface area (Å²) >= 11 is 9.42. The highest BCUT2D eigenvalue weighted by molar-refractivity contribution is 14.1. The number of ether oxygens (including phenoxy) is 4. The topological polar surface area (TPSA) is 74.3 Å². The predicted molar refractivity (Wildman–Crippen MR) is 150 cm³/mol. The van der Waals surface area contributed by atoms with Crippen LogP contribution in [-0.2, 0) is 17.9 Å². The molecule has 10 heteroatoms. The van der Waals surface area contributed by atoms with E-state index in [0.29, 0.717) is 45.1 Å². The fourth-order valence-electron chi connectivity index (χ4n) is 3.92. The molecule has 0 atom stereocenters. The summed E-state index contributed by atoms with van der Waals surface area (Å²) in [4.78, 5) is 27.3. The number of methoxy groups -OCH3 is 1. The number of rotatable bonds is 7. The number of amides is 2. The van der Waals surface area contributed by atoms with E-state index in [2.05, 4.69) is 22.6 Å². The molecule has 0 aromatic heterocycles. The van der Waals surface area contributed by atoms with Gasteiger partial charge in [0.05, 0.1) is 22.1 Å². The van der Waals surface area contributed by atoms with Gasteiger partial charge in [-0.2, -0.15) is 0 Å². The van der Waals surface area contributed by atoms with Crippen molar-refractivity contribution < 1.29 is 28.5 Å². The average Bonchev–Trinajstić information content (AvgIpc) is 3.43. The molecule has 0 radical (unpaired) electrons. The van der Waals surface area contributed by atoms with Gasteiger partial charge in [-0.1, -0.05) is 35.9 Å². The summed E-state index contributed by atoms with van der Waals surface area (Å²) < 4.78 is 23.2. The largest absolute Gasteiger partial charge is 0.493 e. The van der Waals surface area contributed by atoms with Crippen molar-refractivity contribution in [3.8, 4) is 23.0 Å². The van der Waals surface area contributed by atoms with Crippen molar-refractivity contribution >= 4 is 63.2 Å². The van der Waals surface area contributed by atoms with Crippen LogP contribution in [0, 0.1) is 10.5 Å². The number of thioether (sulfide) groups is 1. The second kappa shape index (κ2) is 10.8. The van der Waals surface area contributed by atoms with Crippen molar-refractivity contribution in [1.82, 2.24) is 4.90 Å². The molecule has 0 N–H and O–H groups in total. The van der Waals surface area contributed by atoms with E-state index in [-0.39, 0.29) is 18.6 Å². The number of halogens is 2. The van der Waals surface area contributed by atoms with Gasteiger partial charge in [0.2, 0.25) is 6.79 Å². The lowest BCUT2D eigenvalue weighted by molar-refractivity contribution is -0.123. The first-order valence-electron chi connectivity index (χ1n) is 11.2. The maximum Gasteiger partial charge on any atom is 0.293 e. The number of benzene rings is 3. The van der Waals surface area contributed by atoms with Crippen LogP contribution in [0.25, 0.3) is 6.08 Å². The van der Waals surface area contributed by atoms with E-state index in [1.165, 1.54) is 4.90 Å². The number of hydrogen-bond acceptors (Lipinski definition) is 7. The van der Waals surface area contributed by atoms with E-state index < -0.39 is 5.91 Å². The zero-order valence-corrected chi connectivity index (χ0v) is 23.6. The van der Waals surface area contributed by atoms with E-state index in [4.69, 9.17) is 30.5 Å². The third kappa shape index (κ3) is 5.39. The first-order chi connectivity index (χ1) is 17.8. The second-order valence-electron chi connectivity index (χ2n) is 8.31. The summed E-state index contributed by atoms with van der Waals surface area (Å²) in [6, 6.07) is 15.0. The van der Waals surface area contributed by atoms with Crippen molar-refractivity contribution in [2.45, 2.75) is 20.1 Å². The molecule has 1 saturated heterocycles. The Kier molecular flexibility index (Phi) is 7.55. The molecule has 2 amide bonds. The van der Waals surface area contributed by atoms with Crippen LogP contribution in [-0.4, -0.2) is 29.9 Å². The van der Waals surface area contributed by atoms with E-state index in [9.17, 15) is 9.59 Å². The Bertz CT molecular complexity index is 1440. The van der Waals surface area contributed by atoms with Crippen molar-refractivity contribution in [3.05, 3.63) is 84.3 Å². The van der Waals surface area contributed by atoms with Gasteiger partial charge in [-0.25, -0.2) is 0 Å². The summed E-state index contributed by atoms with van der Waals surface area (Å²) in [5.41, 5.74) is 3.54. The monoisotopic (exact) mass is 649 g/mol. The Balaban J connectivity index is 1.35. The van der Waals surface area contributed by atoms with Gasteiger partial charge in [0.15, 0.2) is 23.0 Å². The van der Waals surface area contributed by atoms with Gasteiger partial charge in [0.1, 0.15) is 6.61 Å². The number of aryl methyl sites for hydroxylation is 1. The molecule has 3 aromatic rings. The predicted octanol–water partition coefficient (Wildman–Crippen LogP) is 6.81. The molecule has 2 aliphatic heterocycles. The highest BCUT2D eigenvalue weighted by atomic mass is 127. The molecule has 0 bridgehead atoms. The number of carbonyl (C=O) groups is 2. The summed E-state index contributed by atoms with van der Waals surface area (Å²) in [7, 11) is 1.57. The SMILES string of the molecule is COc1cc(/C=C2\SC(=O)N(Cc3cc4c(cc3Cl)OCO4)C2=O)cc(I)c1OCc1ccccc1C. The first-order valence-corrected chi connectivity index (χ1v) is 13.5. The minimum Gasteiger partial charge on any atom is -0.493 e. The molecule has 1 fully saturated rings. The lowest BCUT2D eigenvalue weighted by atomic mass is 10.1. The second-order valence-corrected chi connectivity index (χ2v) is 10.9. The maximum absolute atomic E-state index is 13.1. The van der Waals surface area contributed by atoms with Gasteiger partial charge in [-0.3, -0.25) is 14.5 Å². The molecule has 0 unspecified atom stereocenters. The highest BCUT2D eigenvalue weighted by Crippen LogP contribution is 2.40. The Hall–Kier alpha value is -2.89. The van der Waals surface area contributed by atoms with E-state index in [0.717, 1.165) is 32.0 Å². The third-order valence-corrected chi connectivity index (χ3v) is 7.99. The van der Waals surface area contributed by atoms with Gasteiger partial charge in [-0.05, 0) is 87.8 Å². The van der Waals surface area contributed by atoms with Crippen LogP contribution in [0.3, 0.4) is 0 Å². The molecule has 0 aliphatic carbocycles. The molecule has 2 heterocycles. The van der Waals surface area contributed by atoms with Gasteiger partial charge in [-0.15, -0.1) is 0 Å². The van der Waals surface area contributed by atoms with Crippen LogP contribution >= 0.6 is 46.0 Å². The third-order valence-electron chi connectivity index (χ3n) is 5.93. The number of imide groups is 1. The van der Waals surface area contributed by atoms with Crippen LogP contribution in [0.1, 0.15) is 22.3 Å². The Labute approximate surface area is 236 Å². The van der Waals surface area contributed by atoms with Crippen molar-refractivity contribution in [2.75, 3.05) is 13.9 Å². The number of carbonyl (C=O) groups excluding carboxylic acids is 2. The zero-order valence-electron chi connectivity index (χ0n) is 19.9. The standard InChI is InChI=1S/C27H21ClINO6S/c1-15-5-3-4-6-17(15)13-34-25-20(29)7-16(8-23(25)33-2)9-24-26(31)30(27(32)37-24)12-18-10-21-22(11-19(18)28)36-14-35-21/h3-11H,12-14H2,1-2H3/b24-9-. The van der Waals surface area contributed by atoms with Gasteiger partial charge in [0, 0.05) is 11.1 Å². The molecule has 37 heavy (non-hydrogen) atoms. The van der Waals surface area contributed by atoms with Crippen LogP contribution < -0.4 is 18.9 Å². The molecular formula is C27H21ClINO6S. The zero-order chi connectivity index (χ0) is 26.1. The molecule has 2 aliphatic rings. The van der Waals surface area contributed by atoms with Crippen LogP contribution in [0.15, 0.2) is 53.4 Å². The summed E-state index contributed by atoms with van der Waals surface area (Å²) in [6.07, 6.45) is 1.68. The van der Waals surface area contributed by atoms with Gasteiger partial charge >= 0.3 is 0 Å². The summed E-state index contributed by atoms with van der Waals surface area (Å²) in [5, 5.41) is 0.0256. The Morgan fingerprint density at radius 3 is 2.62 bits per heavy atom. The fourth-order valence-corrected chi connectivity index (χ4v) is 5.76. The van der Waals surface area contributed by atoms with Crippen molar-refractivity contribution in [1.29, 1.82) is 0 Å². The molecule has 0 saturated carbocycles. The molecule has 5 rings (SSSR count). The molecule has 7 nitrogen and oxygen atoms in total. The van der Waals surface area contributed by atoms with Crippen LogP contribution in [0.2, 0.25) is 5.02 Å². The van der Waals surface area contributed by atoms with E-state index in [1.807, 2.05) is 37.3 Å². The van der Waals surface area contributed by atoms with Crippen LogP contribution in [0.5, 0.6) is 23.0 Å². The first kappa shape index (κ1) is 25.7. The number of hydrogen-bond donors (Lipinski definition) is 0. The molecule has 0 spiro atoms. The lowest BCUT2D eigenvalue weighted by Gasteiger charge is -2.15. The van der Waals surface area contributed by atoms with E-state index >= 15 is 0 Å².